The predicted octanol–water partition coefficient (Wildman–Crippen LogP) is 3.09. The molecule has 2 N–H and O–H groups in total. The van der Waals surface area contributed by atoms with Crippen LogP contribution in [0.5, 0.6) is 0 Å². The van der Waals surface area contributed by atoms with Crippen LogP contribution in [0.2, 0.25) is 0 Å². The molecule has 2 atom stereocenters. The molecule has 0 spiro atoms. The molecule has 4 rings (SSSR count). The van der Waals surface area contributed by atoms with Crippen molar-refractivity contribution >= 4 is 27.6 Å². The molecular weight excluding hydrogens is 336 g/mol. The van der Waals surface area contributed by atoms with Crippen molar-refractivity contribution in [1.29, 1.82) is 0 Å². The van der Waals surface area contributed by atoms with E-state index in [0.717, 1.165) is 47.5 Å². The zero-order valence-electron chi connectivity index (χ0n) is 16.1. The highest BCUT2D eigenvalue weighted by Crippen LogP contribution is 2.30. The van der Waals surface area contributed by atoms with Crippen molar-refractivity contribution < 1.29 is 14.1 Å². The normalized spacial score (nSPS) is 20.2. The first-order valence-corrected chi connectivity index (χ1v) is 10.2. The maximum atomic E-state index is 12.4. The van der Waals surface area contributed by atoms with Gasteiger partial charge in [-0.05, 0) is 43.0 Å². The van der Waals surface area contributed by atoms with E-state index in [1.807, 2.05) is 18.2 Å². The maximum Gasteiger partial charge on any atom is 0.224 e. The van der Waals surface area contributed by atoms with Gasteiger partial charge in [-0.25, -0.2) is 0 Å². The van der Waals surface area contributed by atoms with Crippen LogP contribution < -0.4 is 10.2 Å². The van der Waals surface area contributed by atoms with Crippen LogP contribution in [0.4, 0.5) is 0 Å². The number of likely N-dealkylation sites (tertiary alicyclic amines) is 1. The summed E-state index contributed by atoms with van der Waals surface area (Å²) < 4.78 is 5.69. The van der Waals surface area contributed by atoms with Gasteiger partial charge in [0.25, 0.3) is 0 Å². The Labute approximate surface area is 160 Å². The lowest BCUT2D eigenvalue weighted by atomic mass is 10.0. The highest BCUT2D eigenvalue weighted by molar-refractivity contribution is 6.08. The number of amides is 1. The van der Waals surface area contributed by atoms with Crippen molar-refractivity contribution in [3.05, 3.63) is 48.2 Å². The molecule has 1 fully saturated rings. The van der Waals surface area contributed by atoms with E-state index in [4.69, 9.17) is 4.42 Å². The Morgan fingerprint density at radius 1 is 1.22 bits per heavy atom. The minimum atomic E-state index is 0.0762. The molecule has 1 aliphatic heterocycles. The Hall–Kier alpha value is -2.33. The quantitative estimate of drug-likeness (QED) is 0.660. The topological polar surface area (TPSA) is 46.7 Å². The summed E-state index contributed by atoms with van der Waals surface area (Å²) in [6.45, 7) is 5.54. The molecule has 4 nitrogen and oxygen atoms in total. The minimum Gasteiger partial charge on any atom is -0.464 e. The molecule has 0 bridgehead atoms. The number of benzene rings is 2. The van der Waals surface area contributed by atoms with Crippen LogP contribution in [0.1, 0.15) is 38.2 Å². The number of nitrogens with one attached hydrogen (secondary N) is 2. The van der Waals surface area contributed by atoms with Crippen molar-refractivity contribution in [3.8, 4) is 0 Å². The van der Waals surface area contributed by atoms with Crippen LogP contribution in [0, 0.1) is 0 Å². The number of quaternary nitrogens is 1. The predicted molar refractivity (Wildman–Crippen MR) is 109 cm³/mol. The average molecular weight is 365 g/mol. The van der Waals surface area contributed by atoms with Gasteiger partial charge in [-0.1, -0.05) is 30.3 Å². The molecule has 1 aliphatic rings. The summed E-state index contributed by atoms with van der Waals surface area (Å²) in [5, 5.41) is 6.48. The fourth-order valence-electron chi connectivity index (χ4n) is 4.41. The van der Waals surface area contributed by atoms with Crippen molar-refractivity contribution in [3.63, 3.8) is 0 Å². The van der Waals surface area contributed by atoms with Gasteiger partial charge in [-0.2, -0.15) is 0 Å². The summed E-state index contributed by atoms with van der Waals surface area (Å²) in [6, 6.07) is 13.1. The summed E-state index contributed by atoms with van der Waals surface area (Å²) in [4.78, 5) is 14.1. The molecule has 4 heteroatoms. The number of carbonyl (C=O) groups is 1. The average Bonchev–Trinajstić information content (AvgIpc) is 3.10. The van der Waals surface area contributed by atoms with Gasteiger partial charge in [0.1, 0.15) is 5.58 Å². The van der Waals surface area contributed by atoms with Gasteiger partial charge in [0, 0.05) is 23.9 Å². The summed E-state index contributed by atoms with van der Waals surface area (Å²) in [5.41, 5.74) is 1.81. The number of rotatable bonds is 6. The van der Waals surface area contributed by atoms with Gasteiger partial charge >= 0.3 is 0 Å². The standard InChI is InChI=1S/C23H28N2O2/c1-17-7-4-5-13-25(17)14-6-12-24-22(26)15-19-16-27-21-11-10-18-8-2-3-9-20(18)23(19)21/h2-3,8-11,16-17H,4-7,12-15H2,1H3,(H,24,26)/p+1/t17-/m1/s1. The Kier molecular flexibility index (Phi) is 5.44. The molecule has 142 valence electrons. The molecule has 3 aromatic rings. The van der Waals surface area contributed by atoms with Crippen LogP contribution in [0.15, 0.2) is 47.1 Å². The molecule has 0 aliphatic carbocycles. The summed E-state index contributed by atoms with van der Waals surface area (Å²) >= 11 is 0. The molecular formula is C23H29N2O2+. The van der Waals surface area contributed by atoms with Crippen molar-refractivity contribution in [2.24, 2.45) is 0 Å². The van der Waals surface area contributed by atoms with Gasteiger partial charge in [-0.3, -0.25) is 4.79 Å². The molecule has 1 unspecified atom stereocenters. The van der Waals surface area contributed by atoms with E-state index in [1.165, 1.54) is 31.2 Å². The number of hydrogen-bond donors (Lipinski definition) is 2. The Morgan fingerprint density at radius 2 is 2.11 bits per heavy atom. The fraction of sp³-hybridized carbons (Fsp3) is 0.435. The number of furan rings is 1. The van der Waals surface area contributed by atoms with Crippen molar-refractivity contribution in [2.45, 2.75) is 45.1 Å². The lowest BCUT2D eigenvalue weighted by molar-refractivity contribution is -0.928. The van der Waals surface area contributed by atoms with Crippen LogP contribution in [-0.4, -0.2) is 31.6 Å². The third kappa shape index (κ3) is 4.01. The fourth-order valence-corrected chi connectivity index (χ4v) is 4.41. The molecule has 0 radical (unpaired) electrons. The van der Waals surface area contributed by atoms with E-state index >= 15 is 0 Å². The first kappa shape index (κ1) is 18.1. The van der Waals surface area contributed by atoms with E-state index in [0.29, 0.717) is 6.42 Å². The highest BCUT2D eigenvalue weighted by atomic mass is 16.3. The van der Waals surface area contributed by atoms with Gasteiger partial charge in [0.2, 0.25) is 5.91 Å². The first-order chi connectivity index (χ1) is 13.2. The largest absolute Gasteiger partial charge is 0.464 e. The molecule has 1 amide bonds. The molecule has 27 heavy (non-hydrogen) atoms. The van der Waals surface area contributed by atoms with E-state index in [1.54, 1.807) is 11.2 Å². The number of piperidine rings is 1. The van der Waals surface area contributed by atoms with E-state index in [2.05, 4.69) is 30.4 Å². The zero-order chi connectivity index (χ0) is 18.6. The van der Waals surface area contributed by atoms with Gasteiger partial charge in [0.05, 0.1) is 31.8 Å². The van der Waals surface area contributed by atoms with Crippen LogP contribution >= 0.6 is 0 Å². The van der Waals surface area contributed by atoms with E-state index in [-0.39, 0.29) is 5.91 Å². The molecule has 1 saturated heterocycles. The second-order valence-corrected chi connectivity index (χ2v) is 7.86. The molecule has 2 aromatic carbocycles. The number of carbonyl (C=O) groups excluding carboxylic acids is 1. The lowest BCUT2D eigenvalue weighted by Crippen LogP contribution is -3.16. The Balaban J connectivity index is 1.35. The number of hydrogen-bond acceptors (Lipinski definition) is 2. The molecule has 1 aromatic heterocycles. The monoisotopic (exact) mass is 365 g/mol. The van der Waals surface area contributed by atoms with Crippen LogP contribution in [0.3, 0.4) is 0 Å². The van der Waals surface area contributed by atoms with Crippen molar-refractivity contribution in [1.82, 2.24) is 5.32 Å². The van der Waals surface area contributed by atoms with Crippen molar-refractivity contribution in [2.75, 3.05) is 19.6 Å². The van der Waals surface area contributed by atoms with Crippen LogP contribution in [-0.2, 0) is 11.2 Å². The SMILES string of the molecule is C[C@@H]1CCCC[NH+]1CCCNC(=O)Cc1coc2ccc3ccccc3c12. The summed E-state index contributed by atoms with van der Waals surface area (Å²) in [6.07, 6.45) is 7.19. The third-order valence-corrected chi connectivity index (χ3v) is 5.97. The van der Waals surface area contributed by atoms with E-state index < -0.39 is 0 Å². The lowest BCUT2D eigenvalue weighted by Gasteiger charge is -2.30. The smallest absolute Gasteiger partial charge is 0.224 e. The first-order valence-electron chi connectivity index (χ1n) is 10.2. The second-order valence-electron chi connectivity index (χ2n) is 7.86. The van der Waals surface area contributed by atoms with Gasteiger partial charge in [0.15, 0.2) is 0 Å². The minimum absolute atomic E-state index is 0.0762. The van der Waals surface area contributed by atoms with Gasteiger partial charge < -0.3 is 14.6 Å². The van der Waals surface area contributed by atoms with Gasteiger partial charge in [-0.15, -0.1) is 0 Å². The third-order valence-electron chi connectivity index (χ3n) is 5.97. The maximum absolute atomic E-state index is 12.4. The summed E-state index contributed by atoms with van der Waals surface area (Å²) in [7, 11) is 0. The molecule has 0 saturated carbocycles. The molecule has 2 heterocycles. The zero-order valence-corrected chi connectivity index (χ0v) is 16.1. The second kappa shape index (κ2) is 8.13. The Morgan fingerprint density at radius 3 is 3.00 bits per heavy atom. The highest BCUT2D eigenvalue weighted by Gasteiger charge is 2.21. The summed E-state index contributed by atoms with van der Waals surface area (Å²) in [5.74, 6) is 0.0762. The number of fused-ring (bicyclic) bond motifs is 3. The Bertz CT molecular complexity index is 930. The van der Waals surface area contributed by atoms with Crippen LogP contribution in [0.25, 0.3) is 21.7 Å². The van der Waals surface area contributed by atoms with E-state index in [9.17, 15) is 4.79 Å².